The van der Waals surface area contributed by atoms with Gasteiger partial charge in [0, 0.05) is 32.2 Å². The van der Waals surface area contributed by atoms with Gasteiger partial charge in [0.25, 0.3) is 11.8 Å². The first-order valence-electron chi connectivity index (χ1n) is 20.2. The van der Waals surface area contributed by atoms with Crippen molar-refractivity contribution < 1.29 is 39.2 Å². The Morgan fingerprint density at radius 2 is 1.45 bits per heavy atom. The van der Waals surface area contributed by atoms with Crippen molar-refractivity contribution in [3.63, 3.8) is 0 Å². The van der Waals surface area contributed by atoms with Crippen molar-refractivity contribution >= 4 is 17.8 Å². The van der Waals surface area contributed by atoms with Crippen LogP contribution in [0.3, 0.4) is 0 Å². The number of ether oxygens (including phenoxy) is 2. The van der Waals surface area contributed by atoms with E-state index >= 15 is 0 Å². The topological polar surface area (TPSA) is 219 Å². The average molecular weight is 808 g/mol. The Labute approximate surface area is 342 Å². The van der Waals surface area contributed by atoms with Gasteiger partial charge in [-0.3, -0.25) is 9.59 Å². The summed E-state index contributed by atoms with van der Waals surface area (Å²) in [5.41, 5.74) is 11.6. The molecule has 2 amide bonds. The van der Waals surface area contributed by atoms with Gasteiger partial charge in [0.2, 0.25) is 0 Å². The first-order valence-corrected chi connectivity index (χ1v) is 20.2. The average Bonchev–Trinajstić information content (AvgIpc) is 3.66. The Hall–Kier alpha value is -4.54. The molecule has 4 fully saturated rings. The van der Waals surface area contributed by atoms with Crippen LogP contribution in [0.15, 0.2) is 42.5 Å². The molecule has 2 aromatic carbocycles. The van der Waals surface area contributed by atoms with Crippen LogP contribution in [-0.2, 0) is 4.79 Å². The number of aliphatic hydroxyl groups is 2. The lowest BCUT2D eigenvalue weighted by Crippen LogP contribution is -2.70. The maximum Gasteiger partial charge on any atom is 0.330 e. The van der Waals surface area contributed by atoms with Crippen molar-refractivity contribution in [2.45, 2.75) is 63.8 Å². The van der Waals surface area contributed by atoms with Crippen LogP contribution in [-0.4, -0.2) is 133 Å². The van der Waals surface area contributed by atoms with E-state index in [0.717, 1.165) is 44.2 Å². The monoisotopic (exact) mass is 807 g/mol. The van der Waals surface area contributed by atoms with E-state index in [0.29, 0.717) is 65.5 Å². The summed E-state index contributed by atoms with van der Waals surface area (Å²) in [6, 6.07) is 12.7. The summed E-state index contributed by atoms with van der Waals surface area (Å²) in [5, 5.41) is 34.2. The second kappa shape index (κ2) is 20.9. The molecule has 0 unspecified atom stereocenters. The highest BCUT2D eigenvalue weighted by Crippen LogP contribution is 2.58. The van der Waals surface area contributed by atoms with E-state index in [4.69, 9.17) is 36.3 Å². The summed E-state index contributed by atoms with van der Waals surface area (Å²) in [7, 11) is 9.00. The lowest BCUT2D eigenvalue weighted by molar-refractivity contribution is -0.163. The Kier molecular flexibility index (Phi) is 16.7. The van der Waals surface area contributed by atoms with E-state index in [1.54, 1.807) is 35.9 Å². The third-order valence-electron chi connectivity index (χ3n) is 11.6. The number of hydrogen-bond acceptors (Lipinski definition) is 11. The van der Waals surface area contributed by atoms with Crippen LogP contribution in [0, 0.1) is 23.7 Å². The van der Waals surface area contributed by atoms with Gasteiger partial charge in [-0.05, 0) is 131 Å². The standard InChI is InChI=1S/C39H51N5O6.2C2H7NO/c1-23(2)29-21-26(37(46)43(5)15-9-14-42(3)4)12-13-31(29)44-32(35-33(49-6)10-8-11-34(35)50-7)22-30(41-44)36(45)40-39(38(47)48)27-17-24-16-25(19-27)20-28(39)18-24;2*3-1-2-4/h8,10-13,21-25,27-28H,9,14-20H2,1-7H3,(H,40,45)(H,47,48);2*4H,1-3H2. The molecule has 58 heavy (non-hydrogen) atoms. The molecule has 0 aliphatic heterocycles. The summed E-state index contributed by atoms with van der Waals surface area (Å²) < 4.78 is 13.3. The SMILES string of the molecule is COc1cccc(OC)c1-c1cc(C(=O)NC2(C(=O)O)C3CC4CC(C3)CC2C4)nn1-c1ccc(C(=O)N(C)CCCN(C)C)cc1C(C)C.NCCO.NCCO. The third kappa shape index (κ3) is 10.2. The summed E-state index contributed by atoms with van der Waals surface area (Å²) in [6.07, 6.45) is 5.33. The fourth-order valence-corrected chi connectivity index (χ4v) is 9.03. The number of aliphatic hydroxyl groups excluding tert-OH is 2. The van der Waals surface area contributed by atoms with Crippen molar-refractivity contribution in [3.05, 3.63) is 59.3 Å². The highest BCUT2D eigenvalue weighted by Gasteiger charge is 2.62. The quantitative estimate of drug-likeness (QED) is 0.130. The largest absolute Gasteiger partial charge is 0.496 e. The number of amides is 2. The molecule has 0 saturated heterocycles. The minimum Gasteiger partial charge on any atom is -0.496 e. The van der Waals surface area contributed by atoms with E-state index in [1.807, 2.05) is 51.5 Å². The number of carbonyl (C=O) groups excluding carboxylic acids is 2. The predicted molar refractivity (Wildman–Crippen MR) is 223 cm³/mol. The van der Waals surface area contributed by atoms with Crippen LogP contribution < -0.4 is 26.3 Å². The minimum atomic E-state index is -1.32. The van der Waals surface area contributed by atoms with Crippen molar-refractivity contribution in [2.24, 2.45) is 35.1 Å². The summed E-state index contributed by atoms with van der Waals surface area (Å²) in [4.78, 5) is 44.7. The van der Waals surface area contributed by atoms with Gasteiger partial charge in [-0.2, -0.15) is 5.10 Å². The Bertz CT molecular complexity index is 1790. The van der Waals surface area contributed by atoms with Gasteiger partial charge in [0.1, 0.15) is 17.0 Å². The second-order valence-corrected chi connectivity index (χ2v) is 16.1. The molecule has 0 spiro atoms. The third-order valence-corrected chi connectivity index (χ3v) is 11.6. The lowest BCUT2D eigenvalue weighted by Gasteiger charge is -2.59. The minimum absolute atomic E-state index is 0.00554. The van der Waals surface area contributed by atoms with Gasteiger partial charge >= 0.3 is 5.97 Å². The maximum absolute atomic E-state index is 14.3. The highest BCUT2D eigenvalue weighted by atomic mass is 16.5. The summed E-state index contributed by atoms with van der Waals surface area (Å²) in [6.45, 7) is 6.56. The number of nitrogens with zero attached hydrogens (tertiary/aromatic N) is 4. The number of rotatable bonds is 15. The molecule has 0 radical (unpaired) electrons. The number of carbonyl (C=O) groups is 3. The normalized spacial score (nSPS) is 21.5. The molecular formula is C43H65N7O8. The molecule has 320 valence electrons. The molecule has 4 saturated carbocycles. The lowest BCUT2D eigenvalue weighted by atomic mass is 9.48. The van der Waals surface area contributed by atoms with E-state index < -0.39 is 17.4 Å². The van der Waals surface area contributed by atoms with Crippen LogP contribution >= 0.6 is 0 Å². The summed E-state index contributed by atoms with van der Waals surface area (Å²) >= 11 is 0. The number of methoxy groups -OCH3 is 2. The number of hydrogen-bond donors (Lipinski definition) is 6. The van der Waals surface area contributed by atoms with Crippen LogP contribution in [0.2, 0.25) is 0 Å². The maximum atomic E-state index is 14.3. The zero-order chi connectivity index (χ0) is 42.7. The van der Waals surface area contributed by atoms with E-state index in [-0.39, 0.29) is 42.6 Å². The fraction of sp³-hybridized carbons (Fsp3) is 0.581. The van der Waals surface area contributed by atoms with Crippen molar-refractivity contribution in [2.75, 3.05) is 74.8 Å². The van der Waals surface area contributed by atoms with Gasteiger partial charge in [0.15, 0.2) is 5.69 Å². The fourth-order valence-electron chi connectivity index (χ4n) is 9.03. The van der Waals surface area contributed by atoms with Crippen molar-refractivity contribution in [1.82, 2.24) is 24.9 Å². The van der Waals surface area contributed by atoms with Gasteiger partial charge in [-0.25, -0.2) is 9.48 Å². The van der Waals surface area contributed by atoms with E-state index in [9.17, 15) is 19.5 Å². The molecule has 15 nitrogen and oxygen atoms in total. The van der Waals surface area contributed by atoms with E-state index in [1.165, 1.54) is 6.42 Å². The number of aliphatic carboxylic acids is 1. The molecule has 15 heteroatoms. The molecule has 7 rings (SSSR count). The van der Waals surface area contributed by atoms with Crippen LogP contribution in [0.4, 0.5) is 0 Å². The molecule has 4 bridgehead atoms. The summed E-state index contributed by atoms with van der Waals surface area (Å²) in [5.74, 6) is 0.360. The second-order valence-electron chi connectivity index (χ2n) is 16.1. The number of benzene rings is 2. The van der Waals surface area contributed by atoms with Gasteiger partial charge in [-0.1, -0.05) is 19.9 Å². The van der Waals surface area contributed by atoms with Crippen LogP contribution in [0.25, 0.3) is 16.9 Å². The number of carboxylic acids is 1. The molecule has 3 aromatic rings. The molecule has 4 aliphatic rings. The molecular weight excluding hydrogens is 743 g/mol. The first-order chi connectivity index (χ1) is 27.7. The zero-order valence-electron chi connectivity index (χ0n) is 35.2. The predicted octanol–water partition coefficient (Wildman–Crippen LogP) is 3.59. The smallest absolute Gasteiger partial charge is 0.330 e. The molecule has 1 aromatic heterocycles. The number of aromatic nitrogens is 2. The Morgan fingerprint density at radius 3 is 1.91 bits per heavy atom. The number of nitrogens with one attached hydrogen (secondary N) is 1. The van der Waals surface area contributed by atoms with E-state index in [2.05, 4.69) is 24.1 Å². The Morgan fingerprint density at radius 1 is 0.897 bits per heavy atom. The van der Waals surface area contributed by atoms with Crippen molar-refractivity contribution in [3.8, 4) is 28.4 Å². The van der Waals surface area contributed by atoms with Gasteiger partial charge < -0.3 is 51.4 Å². The first kappa shape index (κ1) is 46.2. The Balaban J connectivity index is 0.000000852. The van der Waals surface area contributed by atoms with Gasteiger partial charge in [0.05, 0.1) is 44.4 Å². The highest BCUT2D eigenvalue weighted by molar-refractivity contribution is 5.98. The number of nitrogens with two attached hydrogens (primary N) is 2. The molecule has 8 N–H and O–H groups in total. The molecule has 1 heterocycles. The number of carboxylic acid groups (broad SMARTS) is 1. The molecule has 0 atom stereocenters. The zero-order valence-corrected chi connectivity index (χ0v) is 35.2. The van der Waals surface area contributed by atoms with Gasteiger partial charge in [-0.15, -0.1) is 0 Å². The van der Waals surface area contributed by atoms with Crippen LogP contribution in [0.5, 0.6) is 11.5 Å². The van der Waals surface area contributed by atoms with Crippen LogP contribution in [0.1, 0.15) is 84.7 Å². The van der Waals surface area contributed by atoms with Crippen molar-refractivity contribution in [1.29, 1.82) is 0 Å². The molecule has 4 aliphatic carbocycles.